The molecule has 2 aromatic rings. The number of carbonyl (C=O) groups excluding carboxylic acids is 1. The molecule has 1 heterocycles. The molecule has 3 rings (SSSR count). The zero-order valence-corrected chi connectivity index (χ0v) is 15.9. The first-order valence-electron chi connectivity index (χ1n) is 8.89. The average Bonchev–Trinajstić information content (AvgIpc) is 2.68. The van der Waals surface area contributed by atoms with Crippen molar-refractivity contribution in [2.45, 2.75) is 6.92 Å². The minimum atomic E-state index is -1.01. The molecule has 0 aliphatic carbocycles. The van der Waals surface area contributed by atoms with Crippen molar-refractivity contribution in [3.05, 3.63) is 58.6 Å². The van der Waals surface area contributed by atoms with E-state index >= 15 is 0 Å². The van der Waals surface area contributed by atoms with Crippen molar-refractivity contribution in [1.82, 2.24) is 4.90 Å². The number of aromatic carboxylic acids is 1. The fourth-order valence-corrected chi connectivity index (χ4v) is 3.30. The molecule has 2 aromatic carbocycles. The van der Waals surface area contributed by atoms with Crippen molar-refractivity contribution in [3.63, 3.8) is 0 Å². The number of piperazine rings is 1. The van der Waals surface area contributed by atoms with Crippen molar-refractivity contribution in [1.29, 1.82) is 0 Å². The molecular formula is C20H22ClN3O3. The molecule has 0 atom stereocenters. The van der Waals surface area contributed by atoms with Crippen molar-refractivity contribution in [2.24, 2.45) is 0 Å². The molecule has 0 aromatic heterocycles. The average molecular weight is 388 g/mol. The van der Waals surface area contributed by atoms with Crippen LogP contribution in [0.2, 0.25) is 5.02 Å². The van der Waals surface area contributed by atoms with Crippen LogP contribution in [0.5, 0.6) is 0 Å². The van der Waals surface area contributed by atoms with Gasteiger partial charge in [-0.1, -0.05) is 18.5 Å². The number of halogens is 1. The molecule has 0 unspecified atom stereocenters. The second-order valence-corrected chi connectivity index (χ2v) is 6.86. The molecule has 2 N–H and O–H groups in total. The van der Waals surface area contributed by atoms with Crippen LogP contribution in [0.1, 0.15) is 27.6 Å². The van der Waals surface area contributed by atoms with Gasteiger partial charge in [0, 0.05) is 42.5 Å². The van der Waals surface area contributed by atoms with Crippen LogP contribution >= 0.6 is 11.6 Å². The van der Waals surface area contributed by atoms with Gasteiger partial charge in [-0.3, -0.25) is 4.79 Å². The fraction of sp³-hybridized carbons (Fsp3) is 0.300. The maximum Gasteiger partial charge on any atom is 0.337 e. The second-order valence-electron chi connectivity index (χ2n) is 6.42. The van der Waals surface area contributed by atoms with E-state index in [2.05, 4.69) is 22.0 Å². The Hall–Kier alpha value is -2.57. The lowest BCUT2D eigenvalue weighted by Crippen LogP contribution is -2.46. The highest BCUT2D eigenvalue weighted by molar-refractivity contribution is 6.30. The number of nitrogens with one attached hydrogen (secondary N) is 1. The van der Waals surface area contributed by atoms with Crippen LogP contribution in [0.4, 0.5) is 11.4 Å². The van der Waals surface area contributed by atoms with Gasteiger partial charge in [-0.15, -0.1) is 0 Å². The number of hydrogen-bond donors (Lipinski definition) is 2. The Morgan fingerprint density at radius 3 is 2.33 bits per heavy atom. The maximum absolute atomic E-state index is 12.3. The number of nitrogens with zero attached hydrogens (tertiary/aromatic N) is 2. The number of benzene rings is 2. The molecule has 0 saturated carbocycles. The highest BCUT2D eigenvalue weighted by Crippen LogP contribution is 2.26. The van der Waals surface area contributed by atoms with Crippen molar-refractivity contribution in [3.8, 4) is 0 Å². The number of hydrogen-bond acceptors (Lipinski definition) is 4. The van der Waals surface area contributed by atoms with Crippen LogP contribution in [-0.4, -0.2) is 54.6 Å². The predicted molar refractivity (Wildman–Crippen MR) is 107 cm³/mol. The van der Waals surface area contributed by atoms with Crippen LogP contribution in [0.15, 0.2) is 42.5 Å². The Morgan fingerprint density at radius 2 is 1.74 bits per heavy atom. The molecule has 1 saturated heterocycles. The zero-order valence-electron chi connectivity index (χ0n) is 15.1. The van der Waals surface area contributed by atoms with Gasteiger partial charge in [0.1, 0.15) is 0 Å². The summed E-state index contributed by atoms with van der Waals surface area (Å²) in [5.74, 6) is -1.32. The third-order valence-corrected chi connectivity index (χ3v) is 5.00. The molecule has 0 radical (unpaired) electrons. The van der Waals surface area contributed by atoms with Gasteiger partial charge in [0.2, 0.25) is 0 Å². The van der Waals surface area contributed by atoms with Crippen molar-refractivity contribution >= 4 is 34.9 Å². The first-order chi connectivity index (χ1) is 13.0. The topological polar surface area (TPSA) is 72.9 Å². The summed E-state index contributed by atoms with van der Waals surface area (Å²) in [6, 6.07) is 11.5. The monoisotopic (exact) mass is 387 g/mol. The van der Waals surface area contributed by atoms with Crippen LogP contribution < -0.4 is 10.2 Å². The Kier molecular flexibility index (Phi) is 5.98. The summed E-state index contributed by atoms with van der Waals surface area (Å²) in [5, 5.41) is 12.9. The van der Waals surface area contributed by atoms with E-state index in [0.717, 1.165) is 32.7 Å². The molecule has 142 valence electrons. The molecule has 1 aliphatic heterocycles. The first-order valence-corrected chi connectivity index (χ1v) is 9.27. The molecule has 6 nitrogen and oxygen atoms in total. The van der Waals surface area contributed by atoms with Gasteiger partial charge in [-0.05, 0) is 49.0 Å². The Balaban J connectivity index is 1.78. The van der Waals surface area contributed by atoms with Gasteiger partial charge in [0.15, 0.2) is 0 Å². The van der Waals surface area contributed by atoms with E-state index in [4.69, 9.17) is 11.6 Å². The van der Waals surface area contributed by atoms with Crippen LogP contribution in [0.25, 0.3) is 0 Å². The molecule has 1 aliphatic rings. The van der Waals surface area contributed by atoms with E-state index in [1.165, 1.54) is 6.07 Å². The summed E-state index contributed by atoms with van der Waals surface area (Å²) in [6.45, 7) is 6.50. The molecule has 1 amide bonds. The molecule has 1 fully saturated rings. The zero-order chi connectivity index (χ0) is 19.4. The summed E-state index contributed by atoms with van der Waals surface area (Å²) in [4.78, 5) is 28.5. The summed E-state index contributed by atoms with van der Waals surface area (Å²) in [7, 11) is 0. The van der Waals surface area contributed by atoms with Crippen LogP contribution in [0, 0.1) is 0 Å². The third-order valence-electron chi connectivity index (χ3n) is 4.75. The summed E-state index contributed by atoms with van der Waals surface area (Å²) >= 11 is 5.84. The van der Waals surface area contributed by atoms with Crippen molar-refractivity contribution < 1.29 is 14.7 Å². The van der Waals surface area contributed by atoms with E-state index in [9.17, 15) is 14.7 Å². The fourth-order valence-electron chi connectivity index (χ4n) is 3.17. The normalized spacial score (nSPS) is 14.8. The first kappa shape index (κ1) is 19.2. The van der Waals surface area contributed by atoms with E-state index in [1.54, 1.807) is 36.4 Å². The number of rotatable bonds is 5. The van der Waals surface area contributed by atoms with Gasteiger partial charge >= 0.3 is 5.97 Å². The lowest BCUT2D eigenvalue weighted by Gasteiger charge is -2.36. The lowest BCUT2D eigenvalue weighted by atomic mass is 10.1. The highest BCUT2D eigenvalue weighted by Gasteiger charge is 2.21. The predicted octanol–water partition coefficient (Wildman–Crippen LogP) is 3.43. The lowest BCUT2D eigenvalue weighted by molar-refractivity contribution is 0.0697. The molecule has 7 heteroatoms. The number of amides is 1. The Morgan fingerprint density at radius 1 is 1.07 bits per heavy atom. The SMILES string of the molecule is CCN1CCN(c2ccc(NC(=O)c3ccc(Cl)cc3)cc2C(=O)O)CC1. The quantitative estimate of drug-likeness (QED) is 0.822. The number of carbonyl (C=O) groups is 2. The van der Waals surface area contributed by atoms with Crippen molar-refractivity contribution in [2.75, 3.05) is 42.9 Å². The highest BCUT2D eigenvalue weighted by atomic mass is 35.5. The maximum atomic E-state index is 12.3. The number of carboxylic acids is 1. The van der Waals surface area contributed by atoms with Gasteiger partial charge in [0.05, 0.1) is 11.3 Å². The van der Waals surface area contributed by atoms with E-state index in [-0.39, 0.29) is 11.5 Å². The largest absolute Gasteiger partial charge is 0.478 e. The molecule has 0 spiro atoms. The third kappa shape index (κ3) is 4.59. The Bertz CT molecular complexity index is 831. The second kappa shape index (κ2) is 8.41. The summed E-state index contributed by atoms with van der Waals surface area (Å²) in [5.41, 5.74) is 1.77. The van der Waals surface area contributed by atoms with Gasteiger partial charge in [0.25, 0.3) is 5.91 Å². The van der Waals surface area contributed by atoms with E-state index in [1.807, 2.05) is 0 Å². The van der Waals surface area contributed by atoms with Crippen LogP contribution in [-0.2, 0) is 0 Å². The van der Waals surface area contributed by atoms with Gasteiger partial charge < -0.3 is 20.2 Å². The number of carboxylic acid groups (broad SMARTS) is 1. The molecule has 0 bridgehead atoms. The van der Waals surface area contributed by atoms with Crippen LogP contribution in [0.3, 0.4) is 0 Å². The smallest absolute Gasteiger partial charge is 0.337 e. The summed E-state index contributed by atoms with van der Waals surface area (Å²) in [6.07, 6.45) is 0. The Labute approximate surface area is 163 Å². The minimum Gasteiger partial charge on any atom is -0.478 e. The van der Waals surface area contributed by atoms with Gasteiger partial charge in [-0.25, -0.2) is 4.79 Å². The standard InChI is InChI=1S/C20H22ClN3O3/c1-2-23-9-11-24(12-10-23)18-8-7-16(13-17(18)20(26)27)22-19(25)14-3-5-15(21)6-4-14/h3-8,13H,2,9-12H2,1H3,(H,22,25)(H,26,27). The summed E-state index contributed by atoms with van der Waals surface area (Å²) < 4.78 is 0. The number of anilines is 2. The van der Waals surface area contributed by atoms with Gasteiger partial charge in [-0.2, -0.15) is 0 Å². The molecule has 27 heavy (non-hydrogen) atoms. The minimum absolute atomic E-state index is 0.189. The van der Waals surface area contributed by atoms with E-state index in [0.29, 0.717) is 22.0 Å². The van der Waals surface area contributed by atoms with E-state index < -0.39 is 5.97 Å². The number of likely N-dealkylation sites (N-methyl/N-ethyl adjacent to an activating group) is 1. The molecular weight excluding hydrogens is 366 g/mol.